The Hall–Kier alpha value is -2.29. The Labute approximate surface area is 156 Å². The summed E-state index contributed by atoms with van der Waals surface area (Å²) in [6, 6.07) is 13.5. The van der Waals surface area contributed by atoms with E-state index in [0.717, 1.165) is 12.8 Å². The van der Waals surface area contributed by atoms with Crippen LogP contribution in [0.5, 0.6) is 5.75 Å². The molecule has 0 aliphatic carbocycles. The van der Waals surface area contributed by atoms with Crippen LogP contribution in [0.15, 0.2) is 42.5 Å². The van der Waals surface area contributed by atoms with Crippen LogP contribution in [0.3, 0.4) is 0 Å². The van der Waals surface area contributed by atoms with Gasteiger partial charge in [-0.3, -0.25) is 0 Å². The quantitative estimate of drug-likeness (QED) is 0.711. The van der Waals surface area contributed by atoms with Crippen LogP contribution in [-0.2, 0) is 18.3 Å². The molecular weight excluding hydrogens is 324 g/mol. The molecule has 0 aromatic heterocycles. The fourth-order valence-corrected chi connectivity index (χ4v) is 3.87. The predicted molar refractivity (Wildman–Crippen MR) is 106 cm³/mol. The summed E-state index contributed by atoms with van der Waals surface area (Å²) in [4.78, 5) is 11.4. The number of rotatable bonds is 6. The third-order valence-corrected chi connectivity index (χ3v) is 4.73. The number of carboxylic acid groups (broad SMARTS) is 1. The van der Waals surface area contributed by atoms with E-state index in [-0.39, 0.29) is 22.1 Å². The minimum absolute atomic E-state index is 0.00966. The van der Waals surface area contributed by atoms with Crippen LogP contribution in [0.2, 0.25) is 0 Å². The van der Waals surface area contributed by atoms with E-state index in [2.05, 4.69) is 58.9 Å². The van der Waals surface area contributed by atoms with E-state index in [0.29, 0.717) is 12.0 Å². The Morgan fingerprint density at radius 2 is 1.54 bits per heavy atom. The van der Waals surface area contributed by atoms with Crippen molar-refractivity contribution in [3.8, 4) is 5.75 Å². The molecule has 0 spiro atoms. The lowest BCUT2D eigenvalue weighted by molar-refractivity contribution is 0.0692. The Morgan fingerprint density at radius 3 is 2.08 bits per heavy atom. The van der Waals surface area contributed by atoms with Gasteiger partial charge in [-0.25, -0.2) is 4.79 Å². The maximum Gasteiger partial charge on any atom is 0.339 e. The zero-order chi connectivity index (χ0) is 19.5. The molecule has 0 heterocycles. The van der Waals surface area contributed by atoms with Crippen LogP contribution in [0.4, 0.5) is 0 Å². The minimum atomic E-state index is -1.09. The Balaban J connectivity index is 2.12. The van der Waals surface area contributed by atoms with Crippen molar-refractivity contribution in [1.29, 1.82) is 0 Å². The highest BCUT2D eigenvalue weighted by Gasteiger charge is 2.27. The molecule has 140 valence electrons. The van der Waals surface area contributed by atoms with Crippen LogP contribution < -0.4 is 0 Å². The lowest BCUT2D eigenvalue weighted by atomic mass is 9.72. The topological polar surface area (TPSA) is 57.5 Å². The molecule has 0 atom stereocenters. The second-order valence-corrected chi connectivity index (χ2v) is 8.93. The van der Waals surface area contributed by atoms with Crippen LogP contribution in [0.1, 0.15) is 68.1 Å². The van der Waals surface area contributed by atoms with E-state index in [1.165, 1.54) is 17.2 Å². The van der Waals surface area contributed by atoms with Gasteiger partial charge in [0.15, 0.2) is 0 Å². The van der Waals surface area contributed by atoms with Gasteiger partial charge in [0.1, 0.15) is 11.3 Å². The number of aromatic hydroxyl groups is 1. The molecule has 2 rings (SSSR count). The predicted octanol–water partition coefficient (Wildman–Crippen LogP) is 5.59. The zero-order valence-electron chi connectivity index (χ0n) is 16.5. The van der Waals surface area contributed by atoms with Crippen molar-refractivity contribution >= 4 is 5.97 Å². The molecule has 0 fully saturated rings. The Kier molecular flexibility index (Phi) is 5.80. The summed E-state index contributed by atoms with van der Waals surface area (Å²) in [7, 11) is 0. The summed E-state index contributed by atoms with van der Waals surface area (Å²) >= 11 is 0. The van der Waals surface area contributed by atoms with Gasteiger partial charge in [0.05, 0.1) is 0 Å². The maximum absolute atomic E-state index is 11.4. The zero-order valence-corrected chi connectivity index (χ0v) is 16.5. The number of aromatic carboxylic acids is 1. The first-order valence-electron chi connectivity index (χ1n) is 9.13. The second kappa shape index (κ2) is 7.53. The summed E-state index contributed by atoms with van der Waals surface area (Å²) in [5, 5.41) is 19.1. The van der Waals surface area contributed by atoms with Gasteiger partial charge < -0.3 is 10.2 Å². The molecular formula is C23H30O3. The Morgan fingerprint density at radius 1 is 0.923 bits per heavy atom. The number of carbonyl (C=O) groups is 1. The van der Waals surface area contributed by atoms with E-state index >= 15 is 0 Å². The summed E-state index contributed by atoms with van der Waals surface area (Å²) in [6.07, 6.45) is 2.43. The van der Waals surface area contributed by atoms with E-state index in [1.54, 1.807) is 12.1 Å². The molecule has 0 amide bonds. The van der Waals surface area contributed by atoms with Gasteiger partial charge in [-0.1, -0.05) is 71.0 Å². The van der Waals surface area contributed by atoms with Gasteiger partial charge in [-0.2, -0.15) is 0 Å². The Bertz CT molecular complexity index is 765. The highest BCUT2D eigenvalue weighted by atomic mass is 16.4. The van der Waals surface area contributed by atoms with Gasteiger partial charge in [-0.05, 0) is 52.8 Å². The van der Waals surface area contributed by atoms with Gasteiger partial charge in [0.25, 0.3) is 0 Å². The first kappa shape index (κ1) is 20.0. The highest BCUT2D eigenvalue weighted by Crippen LogP contribution is 2.36. The largest absolute Gasteiger partial charge is 0.507 e. The monoisotopic (exact) mass is 354 g/mol. The molecule has 0 bridgehead atoms. The van der Waals surface area contributed by atoms with Gasteiger partial charge in [0.2, 0.25) is 0 Å². The highest BCUT2D eigenvalue weighted by molar-refractivity contribution is 5.92. The van der Waals surface area contributed by atoms with Gasteiger partial charge in [-0.15, -0.1) is 0 Å². The standard InChI is InChI=1S/C23H30O3/c1-22(2,3)15-23(4,5)18-13-10-16(11-14-18)9-12-17-7-6-8-19(24)20(17)21(25)26/h6-8,10-11,13-14,24H,9,12,15H2,1-5H3,(H,25,26). The first-order chi connectivity index (χ1) is 12.0. The molecule has 0 aliphatic heterocycles. The molecule has 0 aliphatic rings. The average Bonchev–Trinajstić information content (AvgIpc) is 2.50. The molecule has 2 aromatic carbocycles. The molecule has 2 N–H and O–H groups in total. The minimum Gasteiger partial charge on any atom is -0.507 e. The molecule has 26 heavy (non-hydrogen) atoms. The van der Waals surface area contributed by atoms with Crippen molar-refractivity contribution in [2.45, 2.75) is 59.3 Å². The molecule has 3 nitrogen and oxygen atoms in total. The molecule has 0 saturated carbocycles. The number of aryl methyl sites for hydroxylation is 2. The summed E-state index contributed by atoms with van der Waals surface area (Å²) in [5.41, 5.74) is 3.54. The summed E-state index contributed by atoms with van der Waals surface area (Å²) in [6.45, 7) is 11.3. The fourth-order valence-electron chi connectivity index (χ4n) is 3.87. The number of benzene rings is 2. The average molecular weight is 354 g/mol. The third kappa shape index (κ3) is 5.10. The lowest BCUT2D eigenvalue weighted by Gasteiger charge is -2.33. The molecule has 3 heteroatoms. The second-order valence-electron chi connectivity index (χ2n) is 8.93. The van der Waals surface area contributed by atoms with Crippen molar-refractivity contribution < 1.29 is 15.0 Å². The van der Waals surface area contributed by atoms with Crippen molar-refractivity contribution in [1.82, 2.24) is 0 Å². The summed E-state index contributed by atoms with van der Waals surface area (Å²) in [5.74, 6) is -1.26. The first-order valence-corrected chi connectivity index (χ1v) is 9.13. The lowest BCUT2D eigenvalue weighted by Crippen LogP contribution is -2.24. The molecule has 2 aromatic rings. The fraction of sp³-hybridized carbons (Fsp3) is 0.435. The molecule has 0 saturated heterocycles. The van der Waals surface area contributed by atoms with Crippen LogP contribution >= 0.6 is 0 Å². The summed E-state index contributed by atoms with van der Waals surface area (Å²) < 4.78 is 0. The number of carboxylic acids is 1. The van der Waals surface area contributed by atoms with Crippen molar-refractivity contribution in [3.05, 3.63) is 64.7 Å². The SMILES string of the molecule is CC(C)(C)CC(C)(C)c1ccc(CCc2cccc(O)c2C(=O)O)cc1. The van der Waals surface area contributed by atoms with Gasteiger partial charge >= 0.3 is 5.97 Å². The maximum atomic E-state index is 11.4. The number of phenols is 1. The smallest absolute Gasteiger partial charge is 0.339 e. The van der Waals surface area contributed by atoms with Gasteiger partial charge in [0, 0.05) is 0 Å². The van der Waals surface area contributed by atoms with Crippen molar-refractivity contribution in [2.75, 3.05) is 0 Å². The third-order valence-electron chi connectivity index (χ3n) is 4.73. The van der Waals surface area contributed by atoms with Crippen molar-refractivity contribution in [2.24, 2.45) is 5.41 Å². The van der Waals surface area contributed by atoms with Crippen LogP contribution in [-0.4, -0.2) is 16.2 Å². The van der Waals surface area contributed by atoms with E-state index < -0.39 is 5.97 Å². The van der Waals surface area contributed by atoms with Crippen LogP contribution in [0.25, 0.3) is 0 Å². The van der Waals surface area contributed by atoms with E-state index in [1.807, 2.05) is 0 Å². The normalized spacial score (nSPS) is 12.2. The number of hydrogen-bond acceptors (Lipinski definition) is 2. The number of hydrogen-bond donors (Lipinski definition) is 2. The molecule has 0 unspecified atom stereocenters. The molecule has 0 radical (unpaired) electrons. The van der Waals surface area contributed by atoms with Crippen molar-refractivity contribution in [3.63, 3.8) is 0 Å². The van der Waals surface area contributed by atoms with E-state index in [4.69, 9.17) is 0 Å². The van der Waals surface area contributed by atoms with Crippen LogP contribution in [0, 0.1) is 5.41 Å². The van der Waals surface area contributed by atoms with E-state index in [9.17, 15) is 15.0 Å².